The van der Waals surface area contributed by atoms with Crippen molar-refractivity contribution in [3.63, 3.8) is 0 Å². The lowest BCUT2D eigenvalue weighted by atomic mass is 9.98. The minimum absolute atomic E-state index is 0.0986. The van der Waals surface area contributed by atoms with Gasteiger partial charge in [-0.3, -0.25) is 14.6 Å². The summed E-state index contributed by atoms with van der Waals surface area (Å²) in [6.45, 7) is 13.3. The van der Waals surface area contributed by atoms with Crippen LogP contribution in [0.5, 0.6) is 0 Å². The first kappa shape index (κ1) is 24.4. The number of carbonyl (C=O) groups is 2. The van der Waals surface area contributed by atoms with Crippen LogP contribution >= 0.6 is 0 Å². The number of aromatic nitrogens is 2. The van der Waals surface area contributed by atoms with Crippen LogP contribution in [0.4, 0.5) is 5.69 Å². The molecule has 0 saturated heterocycles. The van der Waals surface area contributed by atoms with E-state index >= 15 is 0 Å². The van der Waals surface area contributed by atoms with Gasteiger partial charge in [-0.25, -0.2) is 0 Å². The molecule has 3 heterocycles. The zero-order valence-corrected chi connectivity index (χ0v) is 21.1. The van der Waals surface area contributed by atoms with Crippen LogP contribution in [0.25, 0.3) is 22.8 Å². The number of hydrogen-bond acceptors (Lipinski definition) is 4. The first-order valence-electron chi connectivity index (χ1n) is 12.1. The second-order valence-electron chi connectivity index (χ2n) is 8.94. The summed E-state index contributed by atoms with van der Waals surface area (Å²) in [4.78, 5) is 35.8. The molecule has 35 heavy (non-hydrogen) atoms. The van der Waals surface area contributed by atoms with Gasteiger partial charge < -0.3 is 20.5 Å². The lowest BCUT2D eigenvalue weighted by Gasteiger charge is -2.18. The molecule has 7 nitrogen and oxygen atoms in total. The molecule has 2 aromatic heterocycles. The SMILES string of the molecule is CCN(CC)CCNC(=O)c1c(C)[nH]c(/C=C2\C(=O)Nc3c2cccc3-c2cncc(C)c2)c1C. The van der Waals surface area contributed by atoms with E-state index in [9.17, 15) is 9.59 Å². The Morgan fingerprint density at radius 2 is 1.86 bits per heavy atom. The van der Waals surface area contributed by atoms with Crippen molar-refractivity contribution in [2.24, 2.45) is 0 Å². The smallest absolute Gasteiger partial charge is 0.256 e. The average Bonchev–Trinajstić information content (AvgIpc) is 3.31. The summed E-state index contributed by atoms with van der Waals surface area (Å²) in [5, 5.41) is 6.07. The van der Waals surface area contributed by atoms with Crippen LogP contribution in [0.2, 0.25) is 0 Å². The van der Waals surface area contributed by atoms with Crippen molar-refractivity contribution in [3.05, 3.63) is 70.3 Å². The number of carbonyl (C=O) groups excluding carboxylic acids is 2. The zero-order valence-electron chi connectivity index (χ0n) is 21.1. The van der Waals surface area contributed by atoms with Gasteiger partial charge in [0.1, 0.15) is 0 Å². The predicted molar refractivity (Wildman–Crippen MR) is 141 cm³/mol. The largest absolute Gasteiger partial charge is 0.358 e. The number of pyridine rings is 1. The molecular formula is C28H33N5O2. The zero-order chi connectivity index (χ0) is 25.1. The maximum atomic E-state index is 13.0. The minimum Gasteiger partial charge on any atom is -0.358 e. The first-order valence-corrected chi connectivity index (χ1v) is 12.1. The van der Waals surface area contributed by atoms with E-state index in [1.807, 2.05) is 51.2 Å². The normalized spacial score (nSPS) is 13.9. The van der Waals surface area contributed by atoms with E-state index in [0.717, 1.165) is 64.5 Å². The van der Waals surface area contributed by atoms with Crippen LogP contribution in [0.1, 0.15) is 52.3 Å². The molecule has 0 fully saturated rings. The maximum absolute atomic E-state index is 13.0. The van der Waals surface area contributed by atoms with Crippen LogP contribution in [0, 0.1) is 20.8 Å². The summed E-state index contributed by atoms with van der Waals surface area (Å²) >= 11 is 0. The molecule has 0 atom stereocenters. The third-order valence-corrected chi connectivity index (χ3v) is 6.62. The van der Waals surface area contributed by atoms with Crippen molar-refractivity contribution >= 4 is 29.2 Å². The van der Waals surface area contributed by atoms with Gasteiger partial charge >= 0.3 is 0 Å². The van der Waals surface area contributed by atoms with Gasteiger partial charge in [-0.1, -0.05) is 32.0 Å². The fraction of sp³-hybridized carbons (Fsp3) is 0.321. The molecule has 1 aliphatic rings. The molecule has 3 aromatic rings. The number of nitrogens with one attached hydrogen (secondary N) is 3. The van der Waals surface area contributed by atoms with Crippen LogP contribution in [0.15, 0.2) is 36.7 Å². The molecule has 4 rings (SSSR count). The number of hydrogen-bond donors (Lipinski definition) is 3. The highest BCUT2D eigenvalue weighted by molar-refractivity contribution is 6.36. The van der Waals surface area contributed by atoms with Gasteiger partial charge in [0.25, 0.3) is 11.8 Å². The Morgan fingerprint density at radius 3 is 2.57 bits per heavy atom. The molecule has 3 N–H and O–H groups in total. The van der Waals surface area contributed by atoms with E-state index in [2.05, 4.69) is 45.4 Å². The Kier molecular flexibility index (Phi) is 7.17. The van der Waals surface area contributed by atoms with E-state index in [0.29, 0.717) is 17.7 Å². The molecule has 2 amide bonds. The van der Waals surface area contributed by atoms with E-state index in [-0.39, 0.29) is 11.8 Å². The molecule has 0 radical (unpaired) electrons. The van der Waals surface area contributed by atoms with Crippen molar-refractivity contribution < 1.29 is 9.59 Å². The Morgan fingerprint density at radius 1 is 1.11 bits per heavy atom. The number of aryl methyl sites for hydroxylation is 2. The number of benzene rings is 1. The van der Waals surface area contributed by atoms with Crippen molar-refractivity contribution in [3.8, 4) is 11.1 Å². The van der Waals surface area contributed by atoms with Gasteiger partial charge in [-0.05, 0) is 57.1 Å². The maximum Gasteiger partial charge on any atom is 0.256 e. The van der Waals surface area contributed by atoms with Crippen LogP contribution in [-0.4, -0.2) is 52.9 Å². The lowest BCUT2D eigenvalue weighted by molar-refractivity contribution is -0.110. The van der Waals surface area contributed by atoms with E-state index in [1.165, 1.54) is 0 Å². The number of anilines is 1. The highest BCUT2D eigenvalue weighted by atomic mass is 16.2. The minimum atomic E-state index is -0.162. The van der Waals surface area contributed by atoms with Gasteiger partial charge in [0.15, 0.2) is 0 Å². The molecule has 0 saturated carbocycles. The number of aromatic amines is 1. The van der Waals surface area contributed by atoms with Crippen molar-refractivity contribution in [1.82, 2.24) is 20.2 Å². The summed E-state index contributed by atoms with van der Waals surface area (Å²) in [5.74, 6) is -0.261. The Hall–Kier alpha value is -3.71. The van der Waals surface area contributed by atoms with Gasteiger partial charge in [0.2, 0.25) is 0 Å². The molecule has 1 aliphatic heterocycles. The fourth-order valence-corrected chi connectivity index (χ4v) is 4.66. The van der Waals surface area contributed by atoms with Crippen molar-refractivity contribution in [2.75, 3.05) is 31.5 Å². The third-order valence-electron chi connectivity index (χ3n) is 6.62. The summed E-state index contributed by atoms with van der Waals surface area (Å²) in [7, 11) is 0. The number of nitrogens with zero attached hydrogens (tertiary/aromatic N) is 2. The third kappa shape index (κ3) is 4.91. The molecule has 1 aromatic carbocycles. The summed E-state index contributed by atoms with van der Waals surface area (Å²) in [5.41, 5.74) is 8.15. The molecule has 0 bridgehead atoms. The summed E-state index contributed by atoms with van der Waals surface area (Å²) in [6, 6.07) is 7.94. The number of para-hydroxylation sites is 1. The number of rotatable bonds is 8. The van der Waals surface area contributed by atoms with Crippen LogP contribution in [0.3, 0.4) is 0 Å². The average molecular weight is 472 g/mol. The highest BCUT2D eigenvalue weighted by Crippen LogP contribution is 2.40. The van der Waals surface area contributed by atoms with E-state index < -0.39 is 0 Å². The molecule has 7 heteroatoms. The van der Waals surface area contributed by atoms with Gasteiger partial charge in [-0.15, -0.1) is 0 Å². The Labute approximate surface area is 206 Å². The van der Waals surface area contributed by atoms with Gasteiger partial charge in [-0.2, -0.15) is 0 Å². The van der Waals surface area contributed by atoms with Crippen LogP contribution < -0.4 is 10.6 Å². The lowest BCUT2D eigenvalue weighted by Crippen LogP contribution is -2.35. The predicted octanol–water partition coefficient (Wildman–Crippen LogP) is 4.57. The van der Waals surface area contributed by atoms with Gasteiger partial charge in [0, 0.05) is 53.6 Å². The standard InChI is InChI=1S/C28H33N5O2/c1-6-33(7-2)12-11-30-28(35)25-18(4)24(31-19(25)5)14-23-22-10-8-9-21(26(22)32-27(23)34)20-13-17(3)15-29-16-20/h8-10,13-16,31H,6-7,11-12H2,1-5H3,(H,30,35)(H,32,34)/b23-14-. The second kappa shape index (κ2) is 10.3. The number of likely N-dealkylation sites (N-methyl/N-ethyl adjacent to an activating group) is 1. The molecule has 0 aliphatic carbocycles. The van der Waals surface area contributed by atoms with Crippen molar-refractivity contribution in [1.29, 1.82) is 0 Å². The number of H-pyrrole nitrogens is 1. The quantitative estimate of drug-likeness (QED) is 0.420. The van der Waals surface area contributed by atoms with Crippen LogP contribution in [-0.2, 0) is 4.79 Å². The van der Waals surface area contributed by atoms with Crippen molar-refractivity contribution in [2.45, 2.75) is 34.6 Å². The monoisotopic (exact) mass is 471 g/mol. The fourth-order valence-electron chi connectivity index (χ4n) is 4.66. The molecule has 182 valence electrons. The van der Waals surface area contributed by atoms with E-state index in [1.54, 1.807) is 6.20 Å². The summed E-state index contributed by atoms with van der Waals surface area (Å²) in [6.07, 6.45) is 5.46. The topological polar surface area (TPSA) is 90.1 Å². The Bertz CT molecular complexity index is 1300. The van der Waals surface area contributed by atoms with Gasteiger partial charge in [0.05, 0.1) is 16.8 Å². The first-order chi connectivity index (χ1) is 16.8. The molecule has 0 spiro atoms. The highest BCUT2D eigenvalue weighted by Gasteiger charge is 2.28. The molecular weight excluding hydrogens is 438 g/mol. The number of fused-ring (bicyclic) bond motifs is 1. The van der Waals surface area contributed by atoms with E-state index in [4.69, 9.17) is 0 Å². The Balaban J connectivity index is 1.63. The number of amides is 2. The summed E-state index contributed by atoms with van der Waals surface area (Å²) < 4.78 is 0. The second-order valence-corrected chi connectivity index (χ2v) is 8.94. The molecule has 0 unspecified atom stereocenters.